The molecule has 0 aliphatic rings. The van der Waals surface area contributed by atoms with Gasteiger partial charge in [-0.1, -0.05) is 12.1 Å². The van der Waals surface area contributed by atoms with Gasteiger partial charge < -0.3 is 5.73 Å². The van der Waals surface area contributed by atoms with Crippen molar-refractivity contribution in [1.82, 2.24) is 9.97 Å². The number of hydrogen-bond donors (Lipinski definition) is 1. The van der Waals surface area contributed by atoms with E-state index in [1.807, 2.05) is 18.2 Å². The van der Waals surface area contributed by atoms with Crippen molar-refractivity contribution >= 4 is 22.6 Å². The Morgan fingerprint density at radius 2 is 1.87 bits per heavy atom. The largest absolute Gasteiger partial charge is 0.325 e. The summed E-state index contributed by atoms with van der Waals surface area (Å²) in [4.78, 5) is 8.28. The van der Waals surface area contributed by atoms with Crippen molar-refractivity contribution < 1.29 is 0 Å². The molecule has 0 saturated heterocycles. The van der Waals surface area contributed by atoms with E-state index in [-0.39, 0.29) is 0 Å². The molecule has 3 nitrogen and oxygen atoms in total. The number of benzene rings is 1. The van der Waals surface area contributed by atoms with Gasteiger partial charge in [0.2, 0.25) is 0 Å². The van der Waals surface area contributed by atoms with Gasteiger partial charge in [-0.2, -0.15) is 0 Å². The molecule has 0 atom stereocenters. The second kappa shape index (κ2) is 4.67. The lowest BCUT2D eigenvalue weighted by atomic mass is 10.1. The first-order valence-corrected chi connectivity index (χ1v) is 5.64. The number of hydrogen-bond acceptors (Lipinski definition) is 3. The highest BCUT2D eigenvalue weighted by Crippen LogP contribution is 2.18. The second-order valence-corrected chi connectivity index (χ2v) is 4.35. The molecule has 2 rings (SSSR count). The summed E-state index contributed by atoms with van der Waals surface area (Å²) in [5.41, 5.74) is 8.40. The maximum Gasteiger partial charge on any atom is 0.116 e. The molecule has 1 heterocycles. The summed E-state index contributed by atoms with van der Waals surface area (Å²) >= 11 is 2.28. The molecule has 0 radical (unpaired) electrons. The normalized spacial score (nSPS) is 10.3. The van der Waals surface area contributed by atoms with Crippen LogP contribution in [0.1, 0.15) is 5.69 Å². The van der Waals surface area contributed by atoms with Crippen molar-refractivity contribution in [3.63, 3.8) is 0 Å². The number of rotatable bonds is 2. The van der Waals surface area contributed by atoms with E-state index in [0.29, 0.717) is 6.54 Å². The quantitative estimate of drug-likeness (QED) is 0.865. The highest BCUT2D eigenvalue weighted by molar-refractivity contribution is 14.1. The summed E-state index contributed by atoms with van der Waals surface area (Å²) < 4.78 is 1.21. The van der Waals surface area contributed by atoms with Gasteiger partial charge in [0.15, 0.2) is 0 Å². The van der Waals surface area contributed by atoms with E-state index in [1.165, 1.54) is 3.57 Å². The summed E-state index contributed by atoms with van der Waals surface area (Å²) in [6, 6.07) is 10.1. The van der Waals surface area contributed by atoms with Crippen LogP contribution in [0, 0.1) is 3.57 Å². The SMILES string of the molecule is NCc1cc(-c2ccc(I)cc2)ncn1. The third-order valence-corrected chi connectivity index (χ3v) is 2.79. The molecular formula is C11H10IN3. The minimum absolute atomic E-state index is 0.444. The van der Waals surface area contributed by atoms with Crippen LogP contribution in [0.5, 0.6) is 0 Å². The van der Waals surface area contributed by atoms with Crippen molar-refractivity contribution in [2.75, 3.05) is 0 Å². The van der Waals surface area contributed by atoms with Gasteiger partial charge in [0.05, 0.1) is 11.4 Å². The first kappa shape index (κ1) is 10.5. The third-order valence-electron chi connectivity index (χ3n) is 2.07. The standard InChI is InChI=1S/C11H10IN3/c12-9-3-1-8(2-4-9)11-5-10(6-13)14-7-15-11/h1-5,7H,6,13H2. The van der Waals surface area contributed by atoms with Gasteiger partial charge in [-0.15, -0.1) is 0 Å². The molecule has 1 aromatic carbocycles. The number of nitrogens with zero attached hydrogens (tertiary/aromatic N) is 2. The molecule has 0 unspecified atom stereocenters. The lowest BCUT2D eigenvalue weighted by molar-refractivity contribution is 0.966. The van der Waals surface area contributed by atoms with Crippen molar-refractivity contribution in [2.45, 2.75) is 6.54 Å². The zero-order valence-corrected chi connectivity index (χ0v) is 10.2. The third kappa shape index (κ3) is 2.51. The van der Waals surface area contributed by atoms with Crippen molar-refractivity contribution in [3.8, 4) is 11.3 Å². The fourth-order valence-corrected chi connectivity index (χ4v) is 1.65. The van der Waals surface area contributed by atoms with Crippen LogP contribution in [0.15, 0.2) is 36.7 Å². The minimum Gasteiger partial charge on any atom is -0.325 e. The second-order valence-electron chi connectivity index (χ2n) is 3.11. The molecular weight excluding hydrogens is 301 g/mol. The maximum absolute atomic E-state index is 5.53. The van der Waals surface area contributed by atoms with E-state index in [0.717, 1.165) is 17.0 Å². The zero-order valence-electron chi connectivity index (χ0n) is 8.02. The van der Waals surface area contributed by atoms with Gasteiger partial charge in [0.25, 0.3) is 0 Å². The van der Waals surface area contributed by atoms with Crippen LogP contribution in [0.25, 0.3) is 11.3 Å². The van der Waals surface area contributed by atoms with E-state index in [9.17, 15) is 0 Å². The first-order chi connectivity index (χ1) is 7.29. The number of aromatic nitrogens is 2. The Morgan fingerprint density at radius 3 is 2.53 bits per heavy atom. The number of halogens is 1. The summed E-state index contributed by atoms with van der Waals surface area (Å²) in [6.07, 6.45) is 1.55. The molecule has 2 N–H and O–H groups in total. The predicted molar refractivity (Wildman–Crippen MR) is 68.1 cm³/mol. The van der Waals surface area contributed by atoms with Gasteiger partial charge >= 0.3 is 0 Å². The Kier molecular flexibility index (Phi) is 3.27. The van der Waals surface area contributed by atoms with E-state index < -0.39 is 0 Å². The first-order valence-electron chi connectivity index (χ1n) is 4.56. The minimum atomic E-state index is 0.444. The van der Waals surface area contributed by atoms with Crippen LogP contribution in [0.3, 0.4) is 0 Å². The summed E-state index contributed by atoms with van der Waals surface area (Å²) in [5, 5.41) is 0. The molecule has 4 heteroatoms. The lowest BCUT2D eigenvalue weighted by Gasteiger charge is -2.02. The average molecular weight is 311 g/mol. The Balaban J connectivity index is 2.40. The van der Waals surface area contributed by atoms with Crippen LogP contribution < -0.4 is 5.73 Å². The fraction of sp³-hybridized carbons (Fsp3) is 0.0909. The van der Waals surface area contributed by atoms with Crippen LogP contribution in [0.4, 0.5) is 0 Å². The number of nitrogens with two attached hydrogens (primary N) is 1. The van der Waals surface area contributed by atoms with Crippen LogP contribution in [-0.2, 0) is 6.54 Å². The lowest BCUT2D eigenvalue weighted by Crippen LogP contribution is -2.00. The molecule has 2 aromatic rings. The molecule has 0 aliphatic carbocycles. The Hall–Kier alpha value is -1.01. The smallest absolute Gasteiger partial charge is 0.116 e. The van der Waals surface area contributed by atoms with Gasteiger partial charge in [-0.05, 0) is 40.8 Å². The highest BCUT2D eigenvalue weighted by atomic mass is 127. The van der Waals surface area contributed by atoms with Crippen LogP contribution >= 0.6 is 22.6 Å². The van der Waals surface area contributed by atoms with Crippen molar-refractivity contribution in [2.24, 2.45) is 5.73 Å². The molecule has 0 bridgehead atoms. The van der Waals surface area contributed by atoms with E-state index in [4.69, 9.17) is 5.73 Å². The van der Waals surface area contributed by atoms with E-state index in [2.05, 4.69) is 44.7 Å². The monoisotopic (exact) mass is 311 g/mol. The Labute approximate surface area is 102 Å². The average Bonchev–Trinajstić information content (AvgIpc) is 2.30. The Morgan fingerprint density at radius 1 is 1.13 bits per heavy atom. The summed E-state index contributed by atoms with van der Waals surface area (Å²) in [6.45, 7) is 0.444. The molecule has 0 aliphatic heterocycles. The summed E-state index contributed by atoms with van der Waals surface area (Å²) in [7, 11) is 0. The molecule has 76 valence electrons. The topological polar surface area (TPSA) is 51.8 Å². The molecule has 0 amide bonds. The van der Waals surface area contributed by atoms with Crippen molar-refractivity contribution in [1.29, 1.82) is 0 Å². The highest BCUT2D eigenvalue weighted by Gasteiger charge is 2.00. The Bertz CT molecular complexity index is 454. The molecule has 0 saturated carbocycles. The summed E-state index contributed by atoms with van der Waals surface area (Å²) in [5.74, 6) is 0. The fourth-order valence-electron chi connectivity index (χ4n) is 1.29. The van der Waals surface area contributed by atoms with Gasteiger partial charge in [-0.3, -0.25) is 0 Å². The molecule has 1 aromatic heterocycles. The molecule has 0 spiro atoms. The van der Waals surface area contributed by atoms with Crippen molar-refractivity contribution in [3.05, 3.63) is 45.9 Å². The van der Waals surface area contributed by atoms with Crippen LogP contribution in [-0.4, -0.2) is 9.97 Å². The molecule has 15 heavy (non-hydrogen) atoms. The van der Waals surface area contributed by atoms with Gasteiger partial charge in [-0.25, -0.2) is 9.97 Å². The maximum atomic E-state index is 5.53. The van der Waals surface area contributed by atoms with E-state index >= 15 is 0 Å². The zero-order chi connectivity index (χ0) is 10.7. The molecule has 0 fully saturated rings. The van der Waals surface area contributed by atoms with Crippen LogP contribution in [0.2, 0.25) is 0 Å². The van der Waals surface area contributed by atoms with Gasteiger partial charge in [0.1, 0.15) is 6.33 Å². The van der Waals surface area contributed by atoms with Gasteiger partial charge in [0, 0.05) is 15.7 Å². The predicted octanol–water partition coefficient (Wildman–Crippen LogP) is 2.21. The van der Waals surface area contributed by atoms with E-state index in [1.54, 1.807) is 6.33 Å².